The van der Waals surface area contributed by atoms with Gasteiger partial charge in [0.1, 0.15) is 0 Å². The van der Waals surface area contributed by atoms with Gasteiger partial charge in [0, 0.05) is 37.0 Å². The lowest BCUT2D eigenvalue weighted by Crippen LogP contribution is -2.64. The highest BCUT2D eigenvalue weighted by Gasteiger charge is 2.45. The van der Waals surface area contributed by atoms with Gasteiger partial charge in [-0.25, -0.2) is 0 Å². The van der Waals surface area contributed by atoms with Crippen LogP contribution in [0, 0.1) is 18.3 Å². The van der Waals surface area contributed by atoms with E-state index in [1.54, 1.807) is 0 Å². The number of rotatable bonds is 6. The first kappa shape index (κ1) is 14.2. The van der Waals surface area contributed by atoms with Crippen LogP contribution < -0.4 is 5.32 Å². The molecule has 0 amide bonds. The Morgan fingerprint density at radius 3 is 2.89 bits per heavy atom. The Kier molecular flexibility index (Phi) is 5.00. The molecule has 3 heteroatoms. The Balaban J connectivity index is 1.85. The lowest BCUT2D eigenvalue weighted by molar-refractivity contribution is 0.0788. The van der Waals surface area contributed by atoms with Gasteiger partial charge >= 0.3 is 0 Å². The van der Waals surface area contributed by atoms with Crippen molar-refractivity contribution in [1.29, 1.82) is 0 Å². The van der Waals surface area contributed by atoms with Gasteiger partial charge in [0.05, 0.1) is 5.75 Å². The maximum atomic E-state index is 5.30. The van der Waals surface area contributed by atoms with Crippen LogP contribution in [0.2, 0.25) is 0 Å². The van der Waals surface area contributed by atoms with Crippen LogP contribution in [0.1, 0.15) is 33.1 Å². The van der Waals surface area contributed by atoms with Crippen molar-refractivity contribution in [3.63, 3.8) is 0 Å². The third-order valence-electron chi connectivity index (χ3n) is 4.45. The van der Waals surface area contributed by atoms with Crippen molar-refractivity contribution < 1.29 is 0 Å². The van der Waals surface area contributed by atoms with E-state index in [1.807, 2.05) is 11.8 Å². The molecule has 0 radical (unpaired) electrons. The first-order valence-corrected chi connectivity index (χ1v) is 8.35. The van der Waals surface area contributed by atoms with Crippen LogP contribution in [0.5, 0.6) is 0 Å². The van der Waals surface area contributed by atoms with Gasteiger partial charge in [-0.05, 0) is 32.1 Å². The zero-order valence-corrected chi connectivity index (χ0v) is 12.6. The number of nitrogens with one attached hydrogen (secondary N) is 1. The molecule has 0 aromatic heterocycles. The van der Waals surface area contributed by atoms with Crippen LogP contribution >= 0.6 is 11.8 Å². The highest BCUT2D eigenvalue weighted by atomic mass is 32.2. The van der Waals surface area contributed by atoms with E-state index in [2.05, 4.69) is 30.0 Å². The quantitative estimate of drug-likeness (QED) is 0.586. The Morgan fingerprint density at radius 1 is 1.50 bits per heavy atom. The van der Waals surface area contributed by atoms with Crippen molar-refractivity contribution in [3.8, 4) is 12.3 Å². The Bertz CT molecular complexity index is 308. The van der Waals surface area contributed by atoms with Gasteiger partial charge in [0.25, 0.3) is 0 Å². The lowest BCUT2D eigenvalue weighted by atomic mass is 9.90. The molecule has 2 aliphatic rings. The molecule has 102 valence electrons. The summed E-state index contributed by atoms with van der Waals surface area (Å²) in [5.41, 5.74) is 0.364. The van der Waals surface area contributed by atoms with Gasteiger partial charge in [-0.2, -0.15) is 0 Å². The number of hydrogen-bond donors (Lipinski definition) is 1. The summed E-state index contributed by atoms with van der Waals surface area (Å²) >= 11 is 1.89. The highest BCUT2D eigenvalue weighted by molar-refractivity contribution is 7.99. The molecule has 0 aromatic carbocycles. The maximum absolute atomic E-state index is 5.30. The molecule has 1 aliphatic heterocycles. The van der Waals surface area contributed by atoms with Gasteiger partial charge < -0.3 is 5.32 Å². The summed E-state index contributed by atoms with van der Waals surface area (Å²) in [5.74, 6) is 5.64. The monoisotopic (exact) mass is 266 g/mol. The van der Waals surface area contributed by atoms with Crippen molar-refractivity contribution in [2.75, 3.05) is 31.1 Å². The normalized spacial score (nSPS) is 33.3. The van der Waals surface area contributed by atoms with Gasteiger partial charge in [-0.3, -0.25) is 4.90 Å². The predicted octanol–water partition coefficient (Wildman–Crippen LogP) is 2.21. The molecule has 1 heterocycles. The molecule has 1 N–H and O–H groups in total. The van der Waals surface area contributed by atoms with Gasteiger partial charge in [-0.1, -0.05) is 12.8 Å². The van der Waals surface area contributed by atoms with Gasteiger partial charge in [0.2, 0.25) is 0 Å². The van der Waals surface area contributed by atoms with Gasteiger partial charge in [-0.15, -0.1) is 18.2 Å². The fourth-order valence-electron chi connectivity index (χ4n) is 3.06. The molecule has 2 rings (SSSR count). The molecule has 2 nitrogen and oxygen atoms in total. The molecule has 1 saturated heterocycles. The molecule has 0 aromatic rings. The second kappa shape index (κ2) is 6.32. The molecular formula is C15H26N2S. The van der Waals surface area contributed by atoms with Crippen LogP contribution in [-0.4, -0.2) is 47.6 Å². The van der Waals surface area contributed by atoms with E-state index < -0.39 is 0 Å². The van der Waals surface area contributed by atoms with Crippen LogP contribution in [0.25, 0.3) is 0 Å². The van der Waals surface area contributed by atoms with E-state index in [0.717, 1.165) is 18.2 Å². The highest BCUT2D eigenvalue weighted by Crippen LogP contribution is 2.41. The summed E-state index contributed by atoms with van der Waals surface area (Å²) in [6.07, 6.45) is 9.37. The van der Waals surface area contributed by atoms with Crippen LogP contribution in [0.3, 0.4) is 0 Å². The standard InChI is InChI=1S/C15H26N2S/c1-4-9-18-10-8-17-12-15(3,13-6-7-13)16-11-14(17)5-2/h1,13-14,16H,5-12H2,2-3H3. The molecule has 0 spiro atoms. The summed E-state index contributed by atoms with van der Waals surface area (Å²) in [7, 11) is 0. The molecule has 1 aliphatic carbocycles. The molecule has 1 saturated carbocycles. The third-order valence-corrected chi connectivity index (χ3v) is 5.29. The number of piperazine rings is 1. The van der Waals surface area contributed by atoms with Gasteiger partial charge in [0.15, 0.2) is 0 Å². The van der Waals surface area contributed by atoms with Crippen molar-refractivity contribution in [2.45, 2.75) is 44.7 Å². The minimum absolute atomic E-state index is 0.364. The minimum atomic E-state index is 0.364. The second-order valence-corrected chi connectivity index (χ2v) is 6.97. The maximum Gasteiger partial charge on any atom is 0.0545 e. The Labute approximate surface area is 116 Å². The van der Waals surface area contributed by atoms with Crippen LogP contribution in [0.4, 0.5) is 0 Å². The summed E-state index contributed by atoms with van der Waals surface area (Å²) in [6, 6.07) is 0.711. The topological polar surface area (TPSA) is 15.3 Å². The predicted molar refractivity (Wildman–Crippen MR) is 80.9 cm³/mol. The largest absolute Gasteiger partial charge is 0.308 e. The number of nitrogens with zero attached hydrogens (tertiary/aromatic N) is 1. The summed E-state index contributed by atoms with van der Waals surface area (Å²) in [5, 5.41) is 3.81. The molecule has 2 unspecified atom stereocenters. The average Bonchev–Trinajstić information content (AvgIpc) is 3.19. The number of terminal acetylenes is 1. The molecule has 2 fully saturated rings. The summed E-state index contributed by atoms with van der Waals surface area (Å²) < 4.78 is 0. The number of thioether (sulfide) groups is 1. The summed E-state index contributed by atoms with van der Waals surface area (Å²) in [4.78, 5) is 2.69. The van der Waals surface area contributed by atoms with E-state index in [1.165, 1.54) is 38.1 Å². The van der Waals surface area contributed by atoms with Crippen LogP contribution in [-0.2, 0) is 0 Å². The van der Waals surface area contributed by atoms with Crippen molar-refractivity contribution in [1.82, 2.24) is 10.2 Å². The van der Waals surface area contributed by atoms with E-state index in [-0.39, 0.29) is 0 Å². The van der Waals surface area contributed by atoms with E-state index in [0.29, 0.717) is 11.6 Å². The Hall–Kier alpha value is -0.170. The first-order chi connectivity index (χ1) is 8.69. The fourth-order valence-corrected chi connectivity index (χ4v) is 3.68. The van der Waals surface area contributed by atoms with E-state index >= 15 is 0 Å². The Morgan fingerprint density at radius 2 is 2.28 bits per heavy atom. The van der Waals surface area contributed by atoms with E-state index in [9.17, 15) is 0 Å². The molecule has 0 bridgehead atoms. The smallest absolute Gasteiger partial charge is 0.0545 e. The lowest BCUT2D eigenvalue weighted by Gasteiger charge is -2.46. The first-order valence-electron chi connectivity index (χ1n) is 7.20. The summed E-state index contributed by atoms with van der Waals surface area (Å²) in [6.45, 7) is 8.27. The van der Waals surface area contributed by atoms with E-state index in [4.69, 9.17) is 6.42 Å². The van der Waals surface area contributed by atoms with Crippen molar-refractivity contribution in [3.05, 3.63) is 0 Å². The van der Waals surface area contributed by atoms with Crippen molar-refractivity contribution >= 4 is 11.8 Å². The van der Waals surface area contributed by atoms with Crippen molar-refractivity contribution in [2.24, 2.45) is 5.92 Å². The average molecular weight is 266 g/mol. The minimum Gasteiger partial charge on any atom is -0.308 e. The molecular weight excluding hydrogens is 240 g/mol. The zero-order valence-electron chi connectivity index (χ0n) is 11.7. The molecule has 2 atom stereocenters. The SMILES string of the molecule is C#CCSCCN1CC(C)(C2CC2)NCC1CC. The third kappa shape index (κ3) is 3.44. The second-order valence-electron chi connectivity index (χ2n) is 5.86. The molecule has 18 heavy (non-hydrogen) atoms. The zero-order chi connectivity index (χ0) is 13.0. The fraction of sp³-hybridized carbons (Fsp3) is 0.867. The number of hydrogen-bond acceptors (Lipinski definition) is 3. The van der Waals surface area contributed by atoms with Crippen LogP contribution in [0.15, 0.2) is 0 Å².